The van der Waals surface area contributed by atoms with E-state index in [1.54, 1.807) is 24.4 Å². The highest BCUT2D eigenvalue weighted by Gasteiger charge is 2.15. The highest BCUT2D eigenvalue weighted by atomic mass is 19.1. The molecule has 5 heteroatoms. The zero-order chi connectivity index (χ0) is 14.8. The van der Waals surface area contributed by atoms with Crippen molar-refractivity contribution in [1.29, 1.82) is 0 Å². The molecule has 0 aliphatic heterocycles. The number of benzene rings is 2. The quantitative estimate of drug-likeness (QED) is 0.796. The molecule has 2 aromatic carbocycles. The first-order valence-electron chi connectivity index (χ1n) is 6.29. The number of para-hydroxylation sites is 1. The van der Waals surface area contributed by atoms with Gasteiger partial charge in [-0.05, 0) is 29.8 Å². The number of halogens is 2. The molecule has 0 aliphatic rings. The fourth-order valence-electron chi connectivity index (χ4n) is 2.07. The molecule has 1 aromatic heterocycles. The van der Waals surface area contributed by atoms with Gasteiger partial charge in [0.05, 0.1) is 6.61 Å². The maximum absolute atomic E-state index is 13.9. The van der Waals surface area contributed by atoms with E-state index < -0.39 is 24.0 Å². The Morgan fingerprint density at radius 3 is 2.48 bits per heavy atom. The van der Waals surface area contributed by atoms with Gasteiger partial charge in [-0.2, -0.15) is 0 Å². The lowest BCUT2D eigenvalue weighted by atomic mass is 10.2. The number of nitrogens with zero attached hydrogens (tertiary/aromatic N) is 1. The maximum Gasteiger partial charge on any atom is 0.198 e. The third-order valence-corrected chi connectivity index (χ3v) is 3.05. The Bertz CT molecular complexity index is 777. The van der Waals surface area contributed by atoms with Gasteiger partial charge in [-0.1, -0.05) is 18.2 Å². The van der Waals surface area contributed by atoms with E-state index in [4.69, 9.17) is 9.84 Å². The standard InChI is InChI=1S/C16H11F2NO2/c17-12-7-10(9-20)8-13(18)16(12)21-14-5-1-3-11-4-2-6-19-15(11)14/h1-8,20H,9H2. The molecule has 106 valence electrons. The van der Waals surface area contributed by atoms with Gasteiger partial charge in [0.15, 0.2) is 23.1 Å². The van der Waals surface area contributed by atoms with E-state index >= 15 is 0 Å². The van der Waals surface area contributed by atoms with Gasteiger partial charge in [-0.3, -0.25) is 4.98 Å². The summed E-state index contributed by atoms with van der Waals surface area (Å²) in [6.45, 7) is -0.441. The number of ether oxygens (including phenoxy) is 1. The van der Waals surface area contributed by atoms with Crippen LogP contribution in [0.5, 0.6) is 11.5 Å². The first-order valence-corrected chi connectivity index (χ1v) is 6.29. The largest absolute Gasteiger partial charge is 0.449 e. The van der Waals surface area contributed by atoms with Gasteiger partial charge in [-0.25, -0.2) is 8.78 Å². The van der Waals surface area contributed by atoms with Gasteiger partial charge in [0.1, 0.15) is 5.52 Å². The van der Waals surface area contributed by atoms with Crippen LogP contribution < -0.4 is 4.74 Å². The molecule has 0 spiro atoms. The lowest BCUT2D eigenvalue weighted by Gasteiger charge is -2.10. The molecule has 1 heterocycles. The summed E-state index contributed by atoms with van der Waals surface area (Å²) in [5, 5.41) is 9.73. The number of pyridine rings is 1. The van der Waals surface area contributed by atoms with Crippen molar-refractivity contribution in [1.82, 2.24) is 4.98 Å². The Balaban J connectivity index is 2.07. The molecule has 0 fully saturated rings. The van der Waals surface area contributed by atoms with Crippen LogP contribution in [0.25, 0.3) is 10.9 Å². The molecule has 1 N–H and O–H groups in total. The Morgan fingerprint density at radius 2 is 1.76 bits per heavy atom. The number of fused-ring (bicyclic) bond motifs is 1. The number of aliphatic hydroxyl groups excluding tert-OH is 1. The summed E-state index contributed by atoms with van der Waals surface area (Å²) in [7, 11) is 0. The van der Waals surface area contributed by atoms with Crippen LogP contribution in [0, 0.1) is 11.6 Å². The van der Waals surface area contributed by atoms with Crippen LogP contribution in [0.4, 0.5) is 8.78 Å². The topological polar surface area (TPSA) is 42.4 Å². The van der Waals surface area contributed by atoms with Gasteiger partial charge in [0.25, 0.3) is 0 Å². The molecule has 3 aromatic rings. The van der Waals surface area contributed by atoms with Crippen molar-refractivity contribution in [2.75, 3.05) is 0 Å². The van der Waals surface area contributed by atoms with Crippen LogP contribution in [-0.2, 0) is 6.61 Å². The summed E-state index contributed by atoms with van der Waals surface area (Å²) in [5.41, 5.74) is 0.665. The molecule has 0 radical (unpaired) electrons. The Morgan fingerprint density at radius 1 is 1.05 bits per heavy atom. The summed E-state index contributed by atoms with van der Waals surface area (Å²) >= 11 is 0. The minimum atomic E-state index is -0.869. The van der Waals surface area contributed by atoms with Crippen molar-refractivity contribution >= 4 is 10.9 Å². The fourth-order valence-corrected chi connectivity index (χ4v) is 2.07. The van der Waals surface area contributed by atoms with E-state index in [0.29, 0.717) is 5.52 Å². The molecule has 0 saturated carbocycles. The summed E-state index contributed by atoms with van der Waals surface area (Å²) in [6, 6.07) is 10.8. The molecular formula is C16H11F2NO2. The predicted molar refractivity (Wildman–Crippen MR) is 74.1 cm³/mol. The zero-order valence-corrected chi connectivity index (χ0v) is 10.9. The van der Waals surface area contributed by atoms with Crippen LogP contribution in [0.1, 0.15) is 5.56 Å². The van der Waals surface area contributed by atoms with E-state index in [1.165, 1.54) is 0 Å². The van der Waals surface area contributed by atoms with Crippen LogP contribution >= 0.6 is 0 Å². The van der Waals surface area contributed by atoms with Gasteiger partial charge in [-0.15, -0.1) is 0 Å². The lowest BCUT2D eigenvalue weighted by Crippen LogP contribution is -1.96. The average molecular weight is 287 g/mol. The van der Waals surface area contributed by atoms with Crippen molar-refractivity contribution in [3.05, 3.63) is 65.9 Å². The summed E-state index contributed by atoms with van der Waals surface area (Å²) < 4.78 is 33.1. The molecule has 0 unspecified atom stereocenters. The monoisotopic (exact) mass is 287 g/mol. The Labute approximate surface area is 119 Å². The Hall–Kier alpha value is -2.53. The fraction of sp³-hybridized carbons (Fsp3) is 0.0625. The van der Waals surface area contributed by atoms with Crippen LogP contribution in [0.15, 0.2) is 48.7 Å². The molecule has 0 bridgehead atoms. The second kappa shape index (κ2) is 5.46. The highest BCUT2D eigenvalue weighted by Crippen LogP contribution is 2.32. The van der Waals surface area contributed by atoms with Crippen molar-refractivity contribution in [2.45, 2.75) is 6.61 Å². The molecule has 0 atom stereocenters. The molecular weight excluding hydrogens is 276 g/mol. The molecule has 0 aliphatic carbocycles. The number of hydrogen-bond acceptors (Lipinski definition) is 3. The normalized spacial score (nSPS) is 10.8. The number of aliphatic hydroxyl groups is 1. The second-order valence-electron chi connectivity index (χ2n) is 4.48. The highest BCUT2D eigenvalue weighted by molar-refractivity contribution is 5.84. The van der Waals surface area contributed by atoms with Gasteiger partial charge in [0, 0.05) is 11.6 Å². The van der Waals surface area contributed by atoms with Crippen LogP contribution in [0.3, 0.4) is 0 Å². The molecule has 3 rings (SSSR count). The zero-order valence-electron chi connectivity index (χ0n) is 10.9. The maximum atomic E-state index is 13.9. The van der Waals surface area contributed by atoms with Crippen LogP contribution in [0.2, 0.25) is 0 Å². The number of hydrogen-bond donors (Lipinski definition) is 1. The van der Waals surface area contributed by atoms with E-state index in [9.17, 15) is 8.78 Å². The van der Waals surface area contributed by atoms with Crippen molar-refractivity contribution < 1.29 is 18.6 Å². The first-order chi connectivity index (χ1) is 10.2. The minimum absolute atomic E-state index is 0.147. The minimum Gasteiger partial charge on any atom is -0.449 e. The van der Waals surface area contributed by atoms with Gasteiger partial charge >= 0.3 is 0 Å². The van der Waals surface area contributed by atoms with Crippen molar-refractivity contribution in [3.8, 4) is 11.5 Å². The van der Waals surface area contributed by atoms with E-state index in [1.807, 2.05) is 12.1 Å². The van der Waals surface area contributed by atoms with Crippen molar-refractivity contribution in [3.63, 3.8) is 0 Å². The van der Waals surface area contributed by atoms with E-state index in [-0.39, 0.29) is 11.3 Å². The van der Waals surface area contributed by atoms with E-state index in [2.05, 4.69) is 4.98 Å². The SMILES string of the molecule is OCc1cc(F)c(Oc2cccc3cccnc23)c(F)c1. The average Bonchev–Trinajstić information content (AvgIpc) is 2.50. The summed E-state index contributed by atoms with van der Waals surface area (Å²) in [4.78, 5) is 4.16. The van der Waals surface area contributed by atoms with Crippen LogP contribution in [-0.4, -0.2) is 10.1 Å². The third kappa shape index (κ3) is 2.55. The number of rotatable bonds is 3. The predicted octanol–water partition coefficient (Wildman–Crippen LogP) is 3.80. The van der Waals surface area contributed by atoms with Gasteiger partial charge in [0.2, 0.25) is 0 Å². The molecule has 0 saturated heterocycles. The summed E-state index contributed by atoms with van der Waals surface area (Å²) in [5.74, 6) is -1.98. The molecule has 0 amide bonds. The smallest absolute Gasteiger partial charge is 0.198 e. The van der Waals surface area contributed by atoms with Crippen molar-refractivity contribution in [2.24, 2.45) is 0 Å². The third-order valence-electron chi connectivity index (χ3n) is 3.05. The van der Waals surface area contributed by atoms with Gasteiger partial charge < -0.3 is 9.84 Å². The first kappa shape index (κ1) is 13.5. The van der Waals surface area contributed by atoms with E-state index in [0.717, 1.165) is 17.5 Å². The molecule has 3 nitrogen and oxygen atoms in total. The molecule has 21 heavy (non-hydrogen) atoms. The second-order valence-corrected chi connectivity index (χ2v) is 4.48. The number of aromatic nitrogens is 1. The summed E-state index contributed by atoms with van der Waals surface area (Å²) in [6.07, 6.45) is 1.58. The lowest BCUT2D eigenvalue weighted by molar-refractivity contribution is 0.279. The Kier molecular flexibility index (Phi) is 3.50.